The maximum absolute atomic E-state index is 14.0. The summed E-state index contributed by atoms with van der Waals surface area (Å²) in [6.07, 6.45) is -34.9. The van der Waals surface area contributed by atoms with Crippen LogP contribution < -0.4 is 31.3 Å². The van der Waals surface area contributed by atoms with E-state index < -0.39 is 246 Å². The summed E-state index contributed by atoms with van der Waals surface area (Å²) in [6, 6.07) is -2.45. The van der Waals surface area contributed by atoms with E-state index >= 15 is 0 Å². The highest BCUT2D eigenvalue weighted by atomic mass is 16.8. The Kier molecular flexibility index (Phi) is 31.3. The van der Waals surface area contributed by atoms with Crippen molar-refractivity contribution < 1.29 is 152 Å². The molecule has 36 heteroatoms. The minimum atomic E-state index is -2.07. The average molecular weight is 1410 g/mol. The van der Waals surface area contributed by atoms with E-state index in [0.29, 0.717) is 12.4 Å². The van der Waals surface area contributed by atoms with Crippen molar-refractivity contribution in [1.29, 1.82) is 0 Å². The Bertz CT molecular complexity index is 2660. The van der Waals surface area contributed by atoms with Crippen LogP contribution in [0.5, 0.6) is 5.75 Å². The van der Waals surface area contributed by atoms with Gasteiger partial charge in [0.15, 0.2) is 37.7 Å². The Morgan fingerprint density at radius 1 is 0.418 bits per heavy atom. The van der Waals surface area contributed by atoms with Gasteiger partial charge in [-0.25, -0.2) is 0 Å². The van der Waals surface area contributed by atoms with Gasteiger partial charge in [-0.15, -0.1) is 0 Å². The molecule has 98 heavy (non-hydrogen) atoms. The smallest absolute Gasteiger partial charge is 0.251 e. The first-order valence-electron chi connectivity index (χ1n) is 33.2. The van der Waals surface area contributed by atoms with E-state index in [9.17, 15) is 95.5 Å². The summed E-state index contributed by atoms with van der Waals surface area (Å²) in [5, 5.41) is 168. The molecule has 0 saturated carbocycles. The van der Waals surface area contributed by atoms with Gasteiger partial charge in [0, 0.05) is 33.3 Å². The van der Waals surface area contributed by atoms with Gasteiger partial charge in [0.1, 0.15) is 146 Å². The van der Waals surface area contributed by atoms with E-state index in [2.05, 4.69) is 33.5 Å². The van der Waals surface area contributed by atoms with E-state index in [1.165, 1.54) is 51.2 Å². The molecular weight excluding hydrogens is 1310 g/mol. The number of benzene rings is 1. The van der Waals surface area contributed by atoms with Crippen LogP contribution in [0.25, 0.3) is 0 Å². The molecule has 6 fully saturated rings. The molecule has 19 N–H and O–H groups in total. The molecule has 0 aliphatic carbocycles. The van der Waals surface area contributed by atoms with Crippen LogP contribution in [-0.2, 0) is 71.3 Å². The lowest BCUT2D eigenvalue weighted by Crippen LogP contribution is -2.72. The van der Waals surface area contributed by atoms with Crippen LogP contribution >= 0.6 is 0 Å². The van der Waals surface area contributed by atoms with Gasteiger partial charge in [-0.05, 0) is 31.5 Å². The Morgan fingerprint density at radius 3 is 1.26 bits per heavy atom. The van der Waals surface area contributed by atoms with Crippen molar-refractivity contribution in [3.05, 3.63) is 29.8 Å². The molecule has 6 heterocycles. The van der Waals surface area contributed by atoms with Gasteiger partial charge in [-0.1, -0.05) is 64.4 Å². The number of amides is 5. The molecule has 30 atom stereocenters. The van der Waals surface area contributed by atoms with Gasteiger partial charge in [0.25, 0.3) is 5.91 Å². The second kappa shape index (κ2) is 38.0. The fourth-order valence-corrected chi connectivity index (χ4v) is 12.7. The van der Waals surface area contributed by atoms with Crippen LogP contribution in [0.1, 0.15) is 110 Å². The van der Waals surface area contributed by atoms with Gasteiger partial charge in [-0.2, -0.15) is 0 Å². The summed E-state index contributed by atoms with van der Waals surface area (Å²) in [6.45, 7) is 3.38. The summed E-state index contributed by atoms with van der Waals surface area (Å²) in [5.41, 5.74) is 0.0594. The Balaban J connectivity index is 1.07. The third-order valence-corrected chi connectivity index (χ3v) is 17.9. The number of nitrogens with one attached hydrogen (secondary N) is 5. The maximum Gasteiger partial charge on any atom is 0.251 e. The summed E-state index contributed by atoms with van der Waals surface area (Å²) < 4.78 is 72.0. The van der Waals surface area contributed by atoms with Crippen LogP contribution in [0, 0.1) is 0 Å². The first-order valence-corrected chi connectivity index (χ1v) is 33.2. The Labute approximate surface area is 565 Å². The molecule has 6 aliphatic rings. The summed E-state index contributed by atoms with van der Waals surface area (Å²) in [7, 11) is 0. The maximum atomic E-state index is 14.0. The van der Waals surface area contributed by atoms with Crippen molar-refractivity contribution in [3.8, 4) is 5.75 Å². The van der Waals surface area contributed by atoms with Crippen LogP contribution in [0.3, 0.4) is 0 Å². The molecule has 36 nitrogen and oxygen atoms in total. The van der Waals surface area contributed by atoms with E-state index in [0.717, 1.165) is 53.4 Å². The SMILES string of the molecule is CCCCCCCCCCCOc1cccc(C(=O)N[C@@H]2C(O[C@H]3C(O)C(NC(C)=O)C(OC4C(CO)O[C@@H](O[C@H]5C(O)C(NC(C)=O)C(OC6C(CO[C@@H]7OC(C)[C@@H](O)C(O)[C@H]7O)OC(O)[C@@H](NC(C)=O)[C@H]6O)O[C@H]5CO)[C@@H](NC(C)=O)[C@H]4O)O[C@H]3CO)OC(CO)[C@@H](O)[C@@H]2O)c1. The highest BCUT2D eigenvalue weighted by molar-refractivity contribution is 5.94. The van der Waals surface area contributed by atoms with Crippen LogP contribution in [0.4, 0.5) is 0 Å². The first kappa shape index (κ1) is 80.7. The van der Waals surface area contributed by atoms with Gasteiger partial charge in [-0.3, -0.25) is 24.0 Å². The number of aliphatic hydroxyl groups excluding tert-OH is 14. The topological polar surface area (TPSA) is 539 Å². The van der Waals surface area contributed by atoms with Gasteiger partial charge in [0.05, 0.1) is 45.7 Å². The van der Waals surface area contributed by atoms with Crippen molar-refractivity contribution in [3.63, 3.8) is 0 Å². The molecule has 7 rings (SSSR count). The first-order chi connectivity index (χ1) is 46.7. The van der Waals surface area contributed by atoms with E-state index in [1.807, 2.05) is 0 Å². The number of hydrogen-bond acceptors (Lipinski definition) is 31. The van der Waals surface area contributed by atoms with E-state index in [4.69, 9.17) is 56.8 Å². The van der Waals surface area contributed by atoms with Crippen molar-refractivity contribution in [2.24, 2.45) is 0 Å². The van der Waals surface area contributed by atoms with Crippen molar-refractivity contribution in [2.45, 2.75) is 283 Å². The lowest BCUT2D eigenvalue weighted by atomic mass is 9.93. The zero-order valence-electron chi connectivity index (χ0n) is 55.4. The van der Waals surface area contributed by atoms with E-state index in [-0.39, 0.29) is 5.56 Å². The molecule has 6 saturated heterocycles. The van der Waals surface area contributed by atoms with Gasteiger partial charge >= 0.3 is 0 Å². The van der Waals surface area contributed by atoms with Crippen LogP contribution in [0.2, 0.25) is 0 Å². The second-order valence-electron chi connectivity index (χ2n) is 25.4. The highest BCUT2D eigenvalue weighted by Crippen LogP contribution is 2.37. The van der Waals surface area contributed by atoms with E-state index in [1.54, 1.807) is 12.1 Å². The Hall–Kier alpha value is -4.63. The predicted molar refractivity (Wildman–Crippen MR) is 329 cm³/mol. The summed E-state index contributed by atoms with van der Waals surface area (Å²) in [4.78, 5) is 65.0. The van der Waals surface area contributed by atoms with Crippen LogP contribution in [0.15, 0.2) is 24.3 Å². The number of aliphatic hydroxyl groups is 14. The van der Waals surface area contributed by atoms with Gasteiger partial charge < -0.3 is 155 Å². The third-order valence-electron chi connectivity index (χ3n) is 17.9. The molecule has 0 bridgehead atoms. The minimum absolute atomic E-state index is 0.0594. The molecule has 6 aliphatic heterocycles. The second-order valence-corrected chi connectivity index (χ2v) is 25.4. The molecule has 1 aromatic rings. The third kappa shape index (κ3) is 20.6. The number of unbranched alkanes of at least 4 members (excludes halogenated alkanes) is 8. The molecule has 0 radical (unpaired) electrons. The largest absolute Gasteiger partial charge is 0.494 e. The van der Waals surface area contributed by atoms with Crippen molar-refractivity contribution in [1.82, 2.24) is 26.6 Å². The van der Waals surface area contributed by atoms with Crippen molar-refractivity contribution in [2.75, 3.05) is 39.6 Å². The molecule has 15 unspecified atom stereocenters. The predicted octanol–water partition coefficient (Wildman–Crippen LogP) is -7.15. The molecule has 560 valence electrons. The number of hydrogen-bond donors (Lipinski definition) is 19. The normalized spacial score (nSPS) is 39.8. The van der Waals surface area contributed by atoms with Crippen LogP contribution in [-0.4, -0.2) is 325 Å². The minimum Gasteiger partial charge on any atom is -0.494 e. The standard InChI is InChI=1S/C62H101N5O31/c1-7-8-9-10-11-12-13-14-15-19-87-32-18-16-17-31(20-32)56(85)67-39-45(78)44(77)33(21-68)91-58(39)95-52-34(22-69)92-59(40(47(52)80)64-28(4)73)96-53-35(23-70)93-60(41(48(53)81)65-29(5)74)97-54-36(24-71)94-61(42(49(54)82)66-30(6)75)98-55-37(90-57(86)38(46(55)79)63-27(3)72)25-88-62-51(84)50(83)43(76)26(2)89-62/h16-18,20,26,33-55,57-62,68-71,76-84,86H,7-15,19,21-25H2,1-6H3,(H,63,72)(H,64,73)(H,65,74)(H,66,75)(H,67,85)/t26?,33?,34-,35?,36-,37?,38-,39-,40?,41-,42?,43+,44+,45+,46+,47?,48+,49?,50?,51+,52+,53?,54+,55?,57?,58?,59?,60-,61?,62+/m0/s1. The zero-order chi connectivity index (χ0) is 71.8. The Morgan fingerprint density at radius 2 is 0.816 bits per heavy atom. The summed E-state index contributed by atoms with van der Waals surface area (Å²) >= 11 is 0. The molecule has 0 aromatic heterocycles. The highest BCUT2D eigenvalue weighted by Gasteiger charge is 2.58. The van der Waals surface area contributed by atoms with Crippen molar-refractivity contribution >= 4 is 29.5 Å². The average Bonchev–Trinajstić information content (AvgIpc) is 0.772. The quantitative estimate of drug-likeness (QED) is 0.0298. The number of ether oxygens (including phenoxy) is 12. The lowest BCUT2D eigenvalue weighted by Gasteiger charge is -2.51. The fraction of sp³-hybridized carbons (Fsp3) is 0.823. The molecular formula is C62H101N5O31. The monoisotopic (exact) mass is 1410 g/mol. The zero-order valence-corrected chi connectivity index (χ0v) is 55.4. The lowest BCUT2D eigenvalue weighted by molar-refractivity contribution is -0.368. The number of rotatable bonds is 32. The van der Waals surface area contributed by atoms with Gasteiger partial charge in [0.2, 0.25) is 23.6 Å². The number of carbonyl (C=O) groups excluding carboxylic acids is 5. The summed E-state index contributed by atoms with van der Waals surface area (Å²) in [5.74, 6) is -3.68. The molecule has 0 spiro atoms. The number of carbonyl (C=O) groups is 5. The molecule has 5 amide bonds. The molecule has 1 aromatic carbocycles. The fourth-order valence-electron chi connectivity index (χ4n) is 12.7.